The maximum absolute atomic E-state index is 12.9. The minimum atomic E-state index is -0.221. The number of anilines is 1. The van der Waals surface area contributed by atoms with Gasteiger partial charge >= 0.3 is 0 Å². The molecule has 2 N–H and O–H groups in total. The van der Waals surface area contributed by atoms with Gasteiger partial charge in [0.15, 0.2) is 5.16 Å². The molecule has 6 nitrogen and oxygen atoms in total. The van der Waals surface area contributed by atoms with Crippen molar-refractivity contribution in [3.8, 4) is 17.2 Å². The van der Waals surface area contributed by atoms with Gasteiger partial charge in [-0.3, -0.25) is 9.59 Å². The first-order valence-electron chi connectivity index (χ1n) is 10.1. The van der Waals surface area contributed by atoms with Crippen LogP contribution in [0.5, 0.6) is 0 Å². The molecule has 0 atom stereocenters. The second kappa shape index (κ2) is 8.54. The molecule has 4 aromatic rings. The number of nitrogens with one attached hydrogen (secondary N) is 2. The van der Waals surface area contributed by atoms with E-state index in [1.807, 2.05) is 37.3 Å². The van der Waals surface area contributed by atoms with Crippen molar-refractivity contribution >= 4 is 55.6 Å². The molecule has 160 valence electrons. The number of hydrogen-bond acceptors (Lipinski definition) is 7. The molecule has 0 unspecified atom stereocenters. The van der Waals surface area contributed by atoms with Crippen LogP contribution in [0.25, 0.3) is 21.3 Å². The fraction of sp³-hybridized carbons (Fsp3) is 0.217. The zero-order chi connectivity index (χ0) is 22.2. The number of hydrogen-bond donors (Lipinski definition) is 2. The van der Waals surface area contributed by atoms with Gasteiger partial charge in [-0.1, -0.05) is 42.1 Å². The Labute approximate surface area is 196 Å². The average molecular weight is 479 g/mol. The highest BCUT2D eigenvalue weighted by atomic mass is 32.2. The maximum Gasteiger partial charge on any atom is 0.260 e. The molecule has 1 amide bonds. The molecule has 0 fully saturated rings. The maximum atomic E-state index is 12.9. The van der Waals surface area contributed by atoms with Crippen molar-refractivity contribution in [1.29, 1.82) is 5.26 Å². The van der Waals surface area contributed by atoms with Crippen molar-refractivity contribution in [3.05, 3.63) is 61.6 Å². The van der Waals surface area contributed by atoms with E-state index in [0.717, 1.165) is 40.8 Å². The summed E-state index contributed by atoms with van der Waals surface area (Å²) in [5, 5.41) is 14.0. The third-order valence-corrected chi connectivity index (χ3v) is 8.48. The first-order valence-corrected chi connectivity index (χ1v) is 12.7. The summed E-state index contributed by atoms with van der Waals surface area (Å²) < 4.78 is 0. The van der Waals surface area contributed by atoms with Crippen LogP contribution in [-0.2, 0) is 17.6 Å². The van der Waals surface area contributed by atoms with E-state index in [4.69, 9.17) is 0 Å². The van der Waals surface area contributed by atoms with E-state index >= 15 is 0 Å². The predicted octanol–water partition coefficient (Wildman–Crippen LogP) is 5.11. The molecule has 1 aliphatic rings. The Bertz CT molecular complexity index is 1440. The number of H-pyrrole nitrogens is 1. The summed E-state index contributed by atoms with van der Waals surface area (Å²) >= 11 is 4.15. The molecule has 9 heteroatoms. The highest BCUT2D eigenvalue weighted by Crippen LogP contribution is 2.39. The third-order valence-electron chi connectivity index (χ3n) is 5.40. The van der Waals surface area contributed by atoms with Gasteiger partial charge in [0.25, 0.3) is 5.56 Å². The average Bonchev–Trinajstić information content (AvgIpc) is 3.45. The molecule has 0 aliphatic heterocycles. The number of carbonyl (C=O) groups is 1. The summed E-state index contributed by atoms with van der Waals surface area (Å²) in [5.74, 6) is -0.126. The Hall–Kier alpha value is -2.93. The number of thioether (sulfide) groups is 1. The zero-order valence-corrected chi connectivity index (χ0v) is 19.6. The quantitative estimate of drug-likeness (QED) is 0.307. The van der Waals surface area contributed by atoms with Crippen LogP contribution in [0.1, 0.15) is 27.3 Å². The van der Waals surface area contributed by atoms with E-state index < -0.39 is 0 Å². The van der Waals surface area contributed by atoms with Crippen LogP contribution in [0.15, 0.2) is 40.3 Å². The van der Waals surface area contributed by atoms with E-state index in [2.05, 4.69) is 21.4 Å². The van der Waals surface area contributed by atoms with E-state index in [1.165, 1.54) is 39.3 Å². The Morgan fingerprint density at radius 1 is 1.28 bits per heavy atom. The first-order chi connectivity index (χ1) is 15.5. The molecule has 3 heterocycles. The molecule has 0 spiro atoms. The van der Waals surface area contributed by atoms with Crippen LogP contribution in [0, 0.1) is 18.3 Å². The number of amides is 1. The zero-order valence-electron chi connectivity index (χ0n) is 17.2. The summed E-state index contributed by atoms with van der Waals surface area (Å²) in [6.45, 7) is 1.99. The molecular formula is C23H18N4O2S3. The molecule has 5 rings (SSSR count). The van der Waals surface area contributed by atoms with Crippen molar-refractivity contribution in [2.75, 3.05) is 11.1 Å². The summed E-state index contributed by atoms with van der Waals surface area (Å²) in [6.07, 6.45) is 2.93. The van der Waals surface area contributed by atoms with Crippen LogP contribution >= 0.6 is 34.4 Å². The van der Waals surface area contributed by atoms with Gasteiger partial charge in [0, 0.05) is 15.3 Å². The lowest BCUT2D eigenvalue weighted by Crippen LogP contribution is -2.15. The second-order valence-corrected chi connectivity index (χ2v) is 10.7. The van der Waals surface area contributed by atoms with Crippen molar-refractivity contribution in [1.82, 2.24) is 9.97 Å². The molecule has 3 aromatic heterocycles. The lowest BCUT2D eigenvalue weighted by molar-refractivity contribution is -0.113. The van der Waals surface area contributed by atoms with Crippen molar-refractivity contribution in [2.24, 2.45) is 0 Å². The van der Waals surface area contributed by atoms with Crippen LogP contribution in [0.4, 0.5) is 5.00 Å². The fourth-order valence-corrected chi connectivity index (χ4v) is 7.05. The van der Waals surface area contributed by atoms with Crippen LogP contribution < -0.4 is 10.9 Å². The number of carbonyl (C=O) groups excluding carboxylic acids is 1. The molecule has 1 aliphatic carbocycles. The summed E-state index contributed by atoms with van der Waals surface area (Å²) in [7, 11) is 0. The van der Waals surface area contributed by atoms with Gasteiger partial charge in [-0.05, 0) is 37.3 Å². The Kier molecular flexibility index (Phi) is 5.59. The Morgan fingerprint density at radius 2 is 2.09 bits per heavy atom. The number of aryl methyl sites for hydroxylation is 2. The monoisotopic (exact) mass is 478 g/mol. The molecule has 0 radical (unpaired) electrons. The molecule has 0 saturated carbocycles. The standard InChI is InChI=1S/C23H18N4O2S3/c1-12-18(13-6-3-2-4-7-13)19-20(29)26-23(27-22(19)31-12)30-11-17(28)25-21-15(10-24)14-8-5-9-16(14)32-21/h2-4,6-7H,5,8-9,11H2,1H3,(H,25,28)(H,26,27,29). The number of benzene rings is 1. The normalized spacial score (nSPS) is 12.6. The number of nitriles is 1. The van der Waals surface area contributed by atoms with Crippen molar-refractivity contribution < 1.29 is 4.79 Å². The van der Waals surface area contributed by atoms with Gasteiger partial charge in [-0.15, -0.1) is 22.7 Å². The van der Waals surface area contributed by atoms with Crippen molar-refractivity contribution in [2.45, 2.75) is 31.3 Å². The smallest absolute Gasteiger partial charge is 0.260 e. The minimum Gasteiger partial charge on any atom is -0.316 e. The summed E-state index contributed by atoms with van der Waals surface area (Å²) in [4.78, 5) is 35.7. The van der Waals surface area contributed by atoms with Gasteiger partial charge in [-0.25, -0.2) is 4.98 Å². The van der Waals surface area contributed by atoms with E-state index in [0.29, 0.717) is 25.9 Å². The van der Waals surface area contributed by atoms with E-state index in [9.17, 15) is 14.9 Å². The van der Waals surface area contributed by atoms with Crippen LogP contribution in [-0.4, -0.2) is 21.6 Å². The molecule has 0 bridgehead atoms. The number of aromatic nitrogens is 2. The van der Waals surface area contributed by atoms with E-state index in [1.54, 1.807) is 0 Å². The molecule has 1 aromatic carbocycles. The van der Waals surface area contributed by atoms with Gasteiger partial charge in [0.05, 0.1) is 16.7 Å². The molecule has 32 heavy (non-hydrogen) atoms. The number of thiophene rings is 2. The summed E-state index contributed by atoms with van der Waals surface area (Å²) in [5.41, 5.74) is 3.36. The SMILES string of the molecule is Cc1sc2nc(SCC(=O)Nc3sc4c(c3C#N)CCC4)[nH]c(=O)c2c1-c1ccccc1. The first kappa shape index (κ1) is 20.9. The van der Waals surface area contributed by atoms with Gasteiger partial charge in [0.1, 0.15) is 15.9 Å². The summed E-state index contributed by atoms with van der Waals surface area (Å²) in [6, 6.07) is 12.0. The van der Waals surface area contributed by atoms with E-state index in [-0.39, 0.29) is 17.2 Å². The Balaban J connectivity index is 1.35. The predicted molar refractivity (Wildman–Crippen MR) is 131 cm³/mol. The van der Waals surface area contributed by atoms with Gasteiger partial charge in [0.2, 0.25) is 5.91 Å². The minimum absolute atomic E-state index is 0.0950. The number of fused-ring (bicyclic) bond motifs is 2. The lowest BCUT2D eigenvalue weighted by Gasteiger charge is -2.05. The highest BCUT2D eigenvalue weighted by molar-refractivity contribution is 7.99. The topological polar surface area (TPSA) is 98.6 Å². The second-order valence-electron chi connectivity index (χ2n) is 7.46. The number of nitrogens with zero attached hydrogens (tertiary/aromatic N) is 2. The lowest BCUT2D eigenvalue weighted by atomic mass is 10.0. The van der Waals surface area contributed by atoms with Crippen LogP contribution in [0.2, 0.25) is 0 Å². The highest BCUT2D eigenvalue weighted by Gasteiger charge is 2.23. The third kappa shape index (κ3) is 3.75. The largest absolute Gasteiger partial charge is 0.316 e. The molecule has 0 saturated heterocycles. The van der Waals surface area contributed by atoms with Gasteiger partial charge < -0.3 is 10.3 Å². The number of rotatable bonds is 5. The number of aromatic amines is 1. The fourth-order valence-electron chi connectivity index (χ4n) is 4.03. The Morgan fingerprint density at radius 3 is 2.88 bits per heavy atom. The molecular weight excluding hydrogens is 460 g/mol. The van der Waals surface area contributed by atoms with Crippen molar-refractivity contribution in [3.63, 3.8) is 0 Å². The van der Waals surface area contributed by atoms with Crippen LogP contribution in [0.3, 0.4) is 0 Å². The van der Waals surface area contributed by atoms with Gasteiger partial charge in [-0.2, -0.15) is 5.26 Å².